The Labute approximate surface area is 107 Å². The minimum Gasteiger partial charge on any atom is -0.496 e. The van der Waals surface area contributed by atoms with Crippen LogP contribution in [-0.2, 0) is 0 Å². The van der Waals surface area contributed by atoms with Crippen LogP contribution >= 0.6 is 27.3 Å². The standard InChI is InChI=1S/C12H12BrNOS/c1-7-4-8(2)11(10(5-7)15-3)9-6-16-12(13)14-9/h4-6H,1-3H3. The van der Waals surface area contributed by atoms with Gasteiger partial charge < -0.3 is 4.74 Å². The first kappa shape index (κ1) is 11.6. The van der Waals surface area contributed by atoms with Crippen LogP contribution in [0.1, 0.15) is 11.1 Å². The summed E-state index contributed by atoms with van der Waals surface area (Å²) in [6.45, 7) is 4.15. The fourth-order valence-electron chi connectivity index (χ4n) is 1.78. The van der Waals surface area contributed by atoms with Crippen molar-refractivity contribution in [1.29, 1.82) is 0 Å². The number of aromatic nitrogens is 1. The number of hydrogen-bond donors (Lipinski definition) is 0. The van der Waals surface area contributed by atoms with E-state index in [-0.39, 0.29) is 0 Å². The molecule has 0 atom stereocenters. The Bertz CT molecular complexity index is 522. The maximum atomic E-state index is 5.42. The number of methoxy groups -OCH3 is 1. The van der Waals surface area contributed by atoms with Gasteiger partial charge in [-0.05, 0) is 47.0 Å². The Morgan fingerprint density at radius 2 is 2.06 bits per heavy atom. The van der Waals surface area contributed by atoms with Gasteiger partial charge in [0, 0.05) is 10.9 Å². The van der Waals surface area contributed by atoms with E-state index in [1.54, 1.807) is 18.4 Å². The quantitative estimate of drug-likeness (QED) is 0.829. The zero-order valence-corrected chi connectivity index (χ0v) is 11.8. The molecule has 0 bridgehead atoms. The van der Waals surface area contributed by atoms with Crippen molar-refractivity contribution in [3.05, 3.63) is 32.6 Å². The molecule has 0 N–H and O–H groups in total. The van der Waals surface area contributed by atoms with Gasteiger partial charge >= 0.3 is 0 Å². The van der Waals surface area contributed by atoms with Crippen LogP contribution in [0.15, 0.2) is 21.4 Å². The maximum Gasteiger partial charge on any atom is 0.159 e. The van der Waals surface area contributed by atoms with E-state index in [0.29, 0.717) is 0 Å². The highest BCUT2D eigenvalue weighted by molar-refractivity contribution is 9.11. The van der Waals surface area contributed by atoms with E-state index in [9.17, 15) is 0 Å². The summed E-state index contributed by atoms with van der Waals surface area (Å²) in [4.78, 5) is 4.44. The molecule has 84 valence electrons. The summed E-state index contributed by atoms with van der Waals surface area (Å²) >= 11 is 4.96. The second kappa shape index (κ2) is 4.55. The number of aryl methyl sites for hydroxylation is 2. The van der Waals surface area contributed by atoms with Crippen molar-refractivity contribution < 1.29 is 4.74 Å². The highest BCUT2D eigenvalue weighted by Gasteiger charge is 2.12. The van der Waals surface area contributed by atoms with Crippen LogP contribution in [0.2, 0.25) is 0 Å². The molecule has 0 saturated carbocycles. The molecule has 0 aliphatic carbocycles. The molecule has 2 rings (SSSR count). The minimum atomic E-state index is 0.885. The SMILES string of the molecule is COc1cc(C)cc(C)c1-c1csc(Br)n1. The number of thiazole rings is 1. The molecule has 0 spiro atoms. The molecule has 0 aliphatic rings. The van der Waals surface area contributed by atoms with E-state index in [0.717, 1.165) is 20.9 Å². The highest BCUT2D eigenvalue weighted by Crippen LogP contribution is 2.35. The van der Waals surface area contributed by atoms with Crippen LogP contribution in [0, 0.1) is 13.8 Å². The topological polar surface area (TPSA) is 22.1 Å². The molecule has 1 aromatic carbocycles. The first-order valence-corrected chi connectivity index (χ1v) is 6.55. The van der Waals surface area contributed by atoms with Gasteiger partial charge in [-0.2, -0.15) is 0 Å². The summed E-state index contributed by atoms with van der Waals surface area (Å²) in [7, 11) is 1.69. The first-order chi connectivity index (χ1) is 7.61. The molecule has 0 unspecified atom stereocenters. The predicted molar refractivity (Wildman–Crippen MR) is 71.3 cm³/mol. The predicted octanol–water partition coefficient (Wildman–Crippen LogP) is 4.20. The van der Waals surface area contributed by atoms with E-state index in [2.05, 4.69) is 40.8 Å². The van der Waals surface area contributed by atoms with E-state index in [1.165, 1.54) is 11.1 Å². The number of benzene rings is 1. The van der Waals surface area contributed by atoms with E-state index in [1.807, 2.05) is 11.4 Å². The lowest BCUT2D eigenvalue weighted by molar-refractivity contribution is 0.415. The van der Waals surface area contributed by atoms with Crippen LogP contribution in [0.25, 0.3) is 11.3 Å². The Morgan fingerprint density at radius 1 is 1.31 bits per heavy atom. The summed E-state index contributed by atoms with van der Waals surface area (Å²) in [6.07, 6.45) is 0. The van der Waals surface area contributed by atoms with Crippen molar-refractivity contribution in [2.24, 2.45) is 0 Å². The van der Waals surface area contributed by atoms with Crippen LogP contribution in [-0.4, -0.2) is 12.1 Å². The van der Waals surface area contributed by atoms with Crippen LogP contribution < -0.4 is 4.74 Å². The average molecular weight is 298 g/mol. The summed E-state index contributed by atoms with van der Waals surface area (Å²) in [5.41, 5.74) is 4.43. The van der Waals surface area contributed by atoms with Crippen LogP contribution in [0.4, 0.5) is 0 Å². The molecule has 1 aromatic heterocycles. The fourth-order valence-corrected chi connectivity index (χ4v) is 2.79. The summed E-state index contributed by atoms with van der Waals surface area (Å²) in [5, 5.41) is 2.03. The molecule has 2 aromatic rings. The first-order valence-electron chi connectivity index (χ1n) is 4.88. The zero-order chi connectivity index (χ0) is 11.7. The highest BCUT2D eigenvalue weighted by atomic mass is 79.9. The molecule has 0 fully saturated rings. The van der Waals surface area contributed by atoms with Crippen molar-refractivity contribution >= 4 is 27.3 Å². The molecule has 1 heterocycles. The third-order valence-electron chi connectivity index (χ3n) is 2.40. The van der Waals surface area contributed by atoms with Gasteiger partial charge in [0.1, 0.15) is 5.75 Å². The molecule has 16 heavy (non-hydrogen) atoms. The van der Waals surface area contributed by atoms with Gasteiger partial charge in [-0.1, -0.05) is 6.07 Å². The third-order valence-corrected chi connectivity index (χ3v) is 3.76. The number of nitrogens with zero attached hydrogens (tertiary/aromatic N) is 1. The minimum absolute atomic E-state index is 0.885. The molecular formula is C12H12BrNOS. The van der Waals surface area contributed by atoms with Gasteiger partial charge in [0.15, 0.2) is 3.92 Å². The van der Waals surface area contributed by atoms with Gasteiger partial charge in [0.05, 0.1) is 12.8 Å². The second-order valence-corrected chi connectivity index (χ2v) is 5.78. The van der Waals surface area contributed by atoms with Gasteiger partial charge in [-0.15, -0.1) is 11.3 Å². The molecule has 4 heteroatoms. The van der Waals surface area contributed by atoms with Crippen molar-refractivity contribution in [2.75, 3.05) is 7.11 Å². The number of halogens is 1. The van der Waals surface area contributed by atoms with E-state index >= 15 is 0 Å². The molecule has 0 aliphatic heterocycles. The smallest absolute Gasteiger partial charge is 0.159 e. The van der Waals surface area contributed by atoms with Gasteiger partial charge in [-0.25, -0.2) is 4.98 Å². The summed E-state index contributed by atoms with van der Waals surface area (Å²) in [6, 6.07) is 4.18. The maximum absolute atomic E-state index is 5.42. The molecule has 2 nitrogen and oxygen atoms in total. The van der Waals surface area contributed by atoms with E-state index in [4.69, 9.17) is 4.74 Å². The summed E-state index contributed by atoms with van der Waals surface area (Å²) < 4.78 is 6.31. The zero-order valence-electron chi connectivity index (χ0n) is 9.37. The number of hydrogen-bond acceptors (Lipinski definition) is 3. The number of rotatable bonds is 2. The van der Waals surface area contributed by atoms with Crippen LogP contribution in [0.3, 0.4) is 0 Å². The lowest BCUT2D eigenvalue weighted by atomic mass is 10.0. The number of ether oxygens (including phenoxy) is 1. The van der Waals surface area contributed by atoms with Gasteiger partial charge in [0.2, 0.25) is 0 Å². The molecule has 0 saturated heterocycles. The monoisotopic (exact) mass is 297 g/mol. The Hall–Kier alpha value is -0.870. The lowest BCUT2D eigenvalue weighted by Crippen LogP contribution is -1.92. The molecule has 0 radical (unpaired) electrons. The Balaban J connectivity index is 2.63. The van der Waals surface area contributed by atoms with Gasteiger partial charge in [0.25, 0.3) is 0 Å². The second-order valence-electron chi connectivity index (χ2n) is 3.64. The van der Waals surface area contributed by atoms with Crippen molar-refractivity contribution in [2.45, 2.75) is 13.8 Å². The fraction of sp³-hybridized carbons (Fsp3) is 0.250. The lowest BCUT2D eigenvalue weighted by Gasteiger charge is -2.10. The van der Waals surface area contributed by atoms with Crippen molar-refractivity contribution in [3.8, 4) is 17.0 Å². The third kappa shape index (κ3) is 2.13. The normalized spacial score (nSPS) is 10.5. The molecule has 0 amide bonds. The largest absolute Gasteiger partial charge is 0.496 e. The van der Waals surface area contributed by atoms with E-state index < -0.39 is 0 Å². The van der Waals surface area contributed by atoms with Crippen molar-refractivity contribution in [1.82, 2.24) is 4.98 Å². The van der Waals surface area contributed by atoms with Crippen molar-refractivity contribution in [3.63, 3.8) is 0 Å². The Morgan fingerprint density at radius 3 is 2.62 bits per heavy atom. The average Bonchev–Trinajstić information content (AvgIpc) is 2.63. The summed E-state index contributed by atoms with van der Waals surface area (Å²) in [5.74, 6) is 0.885. The van der Waals surface area contributed by atoms with Gasteiger partial charge in [-0.3, -0.25) is 0 Å². The molecular weight excluding hydrogens is 286 g/mol. The Kier molecular flexibility index (Phi) is 3.30. The van der Waals surface area contributed by atoms with Crippen LogP contribution in [0.5, 0.6) is 5.75 Å².